The van der Waals surface area contributed by atoms with Crippen LogP contribution >= 0.6 is 0 Å². The van der Waals surface area contributed by atoms with Gasteiger partial charge in [-0.25, -0.2) is 9.18 Å². The number of aliphatic carboxylic acids is 1. The van der Waals surface area contributed by atoms with Gasteiger partial charge >= 0.3 is 5.97 Å². The van der Waals surface area contributed by atoms with Crippen molar-refractivity contribution >= 4 is 17.7 Å². The van der Waals surface area contributed by atoms with Crippen molar-refractivity contribution in [2.24, 2.45) is 0 Å². The van der Waals surface area contributed by atoms with Crippen molar-refractivity contribution < 1.29 is 14.3 Å². The number of anilines is 1. The number of rotatable bonds is 4. The van der Waals surface area contributed by atoms with Crippen LogP contribution in [0, 0.1) is 5.82 Å². The zero-order chi connectivity index (χ0) is 14.8. The minimum Gasteiger partial charge on any atom is -0.478 e. The molecule has 3 rings (SSSR count). The van der Waals surface area contributed by atoms with E-state index in [1.807, 2.05) is 0 Å². The van der Waals surface area contributed by atoms with E-state index in [1.165, 1.54) is 25.0 Å². The van der Waals surface area contributed by atoms with Crippen molar-refractivity contribution in [3.8, 4) is 0 Å². The number of carbonyl (C=O) groups is 1. The monoisotopic (exact) mass is 290 g/mol. The van der Waals surface area contributed by atoms with Crippen LogP contribution in [0.4, 0.5) is 10.1 Å². The van der Waals surface area contributed by atoms with E-state index in [4.69, 9.17) is 5.11 Å². The molecule has 0 spiro atoms. The standard InChI is InChI=1S/C16H19FN2O2/c17-14-11-12(2-6-16(20)21)1-5-15(14)19-9-7-18(8-10-19)13-3-4-13/h1-2,5-6,11,13H,3-4,7-10H2,(H,20,21). The van der Waals surface area contributed by atoms with Gasteiger partial charge in [0, 0.05) is 38.3 Å². The molecule has 0 atom stereocenters. The minimum atomic E-state index is -1.03. The molecular formula is C16H19FN2O2. The Morgan fingerprint density at radius 1 is 1.24 bits per heavy atom. The first-order chi connectivity index (χ1) is 10.1. The van der Waals surface area contributed by atoms with E-state index in [2.05, 4.69) is 9.80 Å². The van der Waals surface area contributed by atoms with Crippen molar-refractivity contribution in [2.45, 2.75) is 18.9 Å². The van der Waals surface area contributed by atoms with Gasteiger partial charge < -0.3 is 10.0 Å². The number of hydrogen-bond acceptors (Lipinski definition) is 3. The maximum Gasteiger partial charge on any atom is 0.328 e. The molecule has 0 aromatic heterocycles. The third-order valence-corrected chi connectivity index (χ3v) is 4.11. The topological polar surface area (TPSA) is 43.8 Å². The molecule has 1 heterocycles. The van der Waals surface area contributed by atoms with Gasteiger partial charge in [-0.1, -0.05) is 6.07 Å². The van der Waals surface area contributed by atoms with Gasteiger partial charge in [0.05, 0.1) is 5.69 Å². The Bertz CT molecular complexity index is 561. The summed E-state index contributed by atoms with van der Waals surface area (Å²) in [7, 11) is 0. The van der Waals surface area contributed by atoms with Crippen molar-refractivity contribution in [3.05, 3.63) is 35.7 Å². The summed E-state index contributed by atoms with van der Waals surface area (Å²) in [4.78, 5) is 15.0. The summed E-state index contributed by atoms with van der Waals surface area (Å²) in [5.74, 6) is -1.32. The largest absolute Gasteiger partial charge is 0.478 e. The zero-order valence-corrected chi connectivity index (χ0v) is 11.8. The molecule has 21 heavy (non-hydrogen) atoms. The van der Waals surface area contributed by atoms with Crippen molar-refractivity contribution in [2.75, 3.05) is 31.1 Å². The van der Waals surface area contributed by atoms with Crippen molar-refractivity contribution in [3.63, 3.8) is 0 Å². The molecule has 0 unspecified atom stereocenters. The van der Waals surface area contributed by atoms with Gasteiger partial charge in [-0.05, 0) is 36.6 Å². The van der Waals surface area contributed by atoms with Gasteiger partial charge in [-0.3, -0.25) is 4.90 Å². The Balaban J connectivity index is 1.66. The first-order valence-corrected chi connectivity index (χ1v) is 7.33. The van der Waals surface area contributed by atoms with Gasteiger partial charge in [0.1, 0.15) is 5.82 Å². The number of carboxylic acids is 1. The molecule has 1 saturated heterocycles. The SMILES string of the molecule is O=C(O)C=Cc1ccc(N2CCN(C3CC3)CC2)c(F)c1. The quantitative estimate of drug-likeness (QED) is 0.864. The van der Waals surface area contributed by atoms with Crippen LogP contribution in [0.3, 0.4) is 0 Å². The Morgan fingerprint density at radius 3 is 2.52 bits per heavy atom. The van der Waals surface area contributed by atoms with E-state index >= 15 is 0 Å². The van der Waals surface area contributed by atoms with Crippen LogP contribution in [0.1, 0.15) is 18.4 Å². The van der Waals surface area contributed by atoms with Crippen LogP contribution in [-0.2, 0) is 4.79 Å². The number of carboxylic acid groups (broad SMARTS) is 1. The smallest absolute Gasteiger partial charge is 0.328 e. The van der Waals surface area contributed by atoms with Crippen LogP contribution in [-0.4, -0.2) is 48.2 Å². The third-order valence-electron chi connectivity index (χ3n) is 4.11. The first kappa shape index (κ1) is 14.1. The molecule has 1 aliphatic heterocycles. The molecule has 5 heteroatoms. The van der Waals surface area contributed by atoms with E-state index in [0.717, 1.165) is 38.3 Å². The summed E-state index contributed by atoms with van der Waals surface area (Å²) in [5, 5.41) is 8.58. The lowest BCUT2D eigenvalue weighted by Gasteiger charge is -2.36. The fourth-order valence-corrected chi connectivity index (χ4v) is 2.82. The second-order valence-electron chi connectivity index (χ2n) is 5.64. The Morgan fingerprint density at radius 2 is 1.95 bits per heavy atom. The van der Waals surface area contributed by atoms with Gasteiger partial charge in [0.2, 0.25) is 0 Å². The summed E-state index contributed by atoms with van der Waals surface area (Å²) >= 11 is 0. The summed E-state index contributed by atoms with van der Waals surface area (Å²) in [5.41, 5.74) is 1.17. The number of nitrogens with zero attached hydrogens (tertiary/aromatic N) is 2. The van der Waals surface area contributed by atoms with Crippen LogP contribution in [0.25, 0.3) is 6.08 Å². The van der Waals surface area contributed by atoms with E-state index < -0.39 is 5.97 Å². The average molecular weight is 290 g/mol. The van der Waals surface area contributed by atoms with Crippen molar-refractivity contribution in [1.29, 1.82) is 0 Å². The molecule has 0 radical (unpaired) electrons. The van der Waals surface area contributed by atoms with E-state index in [-0.39, 0.29) is 5.82 Å². The third kappa shape index (κ3) is 3.42. The highest BCUT2D eigenvalue weighted by molar-refractivity contribution is 5.85. The van der Waals surface area contributed by atoms with Crippen LogP contribution in [0.2, 0.25) is 0 Å². The highest BCUT2D eigenvalue weighted by Crippen LogP contribution is 2.29. The molecule has 1 saturated carbocycles. The summed E-state index contributed by atoms with van der Waals surface area (Å²) < 4.78 is 14.2. The Hall–Kier alpha value is -1.88. The summed E-state index contributed by atoms with van der Waals surface area (Å²) in [6.45, 7) is 3.67. The number of benzene rings is 1. The second kappa shape index (κ2) is 5.85. The predicted molar refractivity (Wildman–Crippen MR) is 79.9 cm³/mol. The molecule has 0 amide bonds. The summed E-state index contributed by atoms with van der Waals surface area (Å²) in [6, 6.07) is 5.65. The van der Waals surface area contributed by atoms with E-state index in [9.17, 15) is 9.18 Å². The lowest BCUT2D eigenvalue weighted by Crippen LogP contribution is -2.47. The number of piperazine rings is 1. The Kier molecular flexibility index (Phi) is 3.92. The van der Waals surface area contributed by atoms with Gasteiger partial charge in [-0.15, -0.1) is 0 Å². The van der Waals surface area contributed by atoms with Crippen LogP contribution in [0.5, 0.6) is 0 Å². The van der Waals surface area contributed by atoms with Crippen LogP contribution in [0.15, 0.2) is 24.3 Å². The first-order valence-electron chi connectivity index (χ1n) is 7.33. The number of hydrogen-bond donors (Lipinski definition) is 1. The molecule has 1 aromatic carbocycles. The molecule has 4 nitrogen and oxygen atoms in total. The molecule has 1 aromatic rings. The average Bonchev–Trinajstić information content (AvgIpc) is 3.30. The lowest BCUT2D eigenvalue weighted by molar-refractivity contribution is -0.131. The predicted octanol–water partition coefficient (Wildman–Crippen LogP) is 2.21. The maximum atomic E-state index is 14.2. The van der Waals surface area contributed by atoms with Crippen LogP contribution < -0.4 is 4.90 Å². The molecule has 1 N–H and O–H groups in total. The van der Waals surface area contributed by atoms with Gasteiger partial charge in [0.25, 0.3) is 0 Å². The second-order valence-corrected chi connectivity index (χ2v) is 5.64. The molecule has 2 aliphatic rings. The Labute approximate surface area is 123 Å². The highest BCUT2D eigenvalue weighted by atomic mass is 19.1. The summed E-state index contributed by atoms with van der Waals surface area (Å²) in [6.07, 6.45) is 5.03. The molecule has 0 bridgehead atoms. The molecule has 112 valence electrons. The molecule has 1 aliphatic carbocycles. The van der Waals surface area contributed by atoms with Gasteiger partial charge in [0.15, 0.2) is 0 Å². The van der Waals surface area contributed by atoms with E-state index in [1.54, 1.807) is 12.1 Å². The number of halogens is 1. The van der Waals surface area contributed by atoms with E-state index in [0.29, 0.717) is 11.3 Å². The molecule has 2 fully saturated rings. The zero-order valence-electron chi connectivity index (χ0n) is 11.8. The maximum absolute atomic E-state index is 14.2. The molecular weight excluding hydrogens is 271 g/mol. The normalized spacial score (nSPS) is 20.1. The van der Waals surface area contributed by atoms with Crippen molar-refractivity contribution in [1.82, 2.24) is 4.90 Å². The fourth-order valence-electron chi connectivity index (χ4n) is 2.82. The van der Waals surface area contributed by atoms with Gasteiger partial charge in [-0.2, -0.15) is 0 Å². The lowest BCUT2D eigenvalue weighted by atomic mass is 10.1. The minimum absolute atomic E-state index is 0.289. The highest BCUT2D eigenvalue weighted by Gasteiger charge is 2.31. The fraction of sp³-hybridized carbons (Fsp3) is 0.438.